The summed E-state index contributed by atoms with van der Waals surface area (Å²) in [5.41, 5.74) is 2.77. The van der Waals surface area contributed by atoms with Crippen molar-refractivity contribution in [3.05, 3.63) is 58.1 Å². The number of methoxy groups -OCH3 is 1. The largest absolute Gasteiger partial charge is 0.496 e. The Balaban J connectivity index is 1.96. The Morgan fingerprint density at radius 1 is 1.21 bits per heavy atom. The number of rotatable bonds is 6. The average Bonchev–Trinajstić information content (AvgIpc) is 2.57. The number of ether oxygens (including phenoxy) is 2. The van der Waals surface area contributed by atoms with E-state index in [0.29, 0.717) is 5.75 Å². The van der Waals surface area contributed by atoms with Crippen molar-refractivity contribution >= 4 is 17.5 Å². The Labute approximate surface area is 147 Å². The summed E-state index contributed by atoms with van der Waals surface area (Å²) in [4.78, 5) is 12.1. The Hall–Kier alpha value is -2.20. The number of carbonyl (C=O) groups excluding carboxylic acids is 1. The lowest BCUT2D eigenvalue weighted by Gasteiger charge is -2.17. The zero-order chi connectivity index (χ0) is 17.7. The summed E-state index contributed by atoms with van der Waals surface area (Å²) in [7, 11) is 1.61. The quantitative estimate of drug-likeness (QED) is 0.851. The molecule has 0 aliphatic rings. The molecule has 0 aromatic heterocycles. The van der Waals surface area contributed by atoms with Gasteiger partial charge in [-0.15, -0.1) is 0 Å². The van der Waals surface area contributed by atoms with Gasteiger partial charge in [-0.25, -0.2) is 0 Å². The SMILES string of the molecule is COc1ccccc1C(C)NC(=O)COc1cc(C)c(Cl)c(C)c1. The minimum atomic E-state index is -0.196. The lowest BCUT2D eigenvalue weighted by molar-refractivity contribution is -0.123. The van der Waals surface area contributed by atoms with Crippen LogP contribution in [-0.2, 0) is 4.79 Å². The molecular formula is C19H22ClNO3. The van der Waals surface area contributed by atoms with Crippen LogP contribution in [0.2, 0.25) is 5.02 Å². The summed E-state index contributed by atoms with van der Waals surface area (Å²) in [5.74, 6) is 1.18. The van der Waals surface area contributed by atoms with E-state index in [0.717, 1.165) is 27.5 Å². The first-order valence-electron chi connectivity index (χ1n) is 7.74. The lowest BCUT2D eigenvalue weighted by Crippen LogP contribution is -2.31. The molecule has 1 unspecified atom stereocenters. The molecule has 0 heterocycles. The molecule has 0 saturated carbocycles. The third-order valence-electron chi connectivity index (χ3n) is 3.76. The highest BCUT2D eigenvalue weighted by Crippen LogP contribution is 2.26. The number of aryl methyl sites for hydroxylation is 2. The fourth-order valence-electron chi connectivity index (χ4n) is 2.52. The number of benzene rings is 2. The zero-order valence-corrected chi connectivity index (χ0v) is 15.1. The molecule has 0 aliphatic heterocycles. The van der Waals surface area contributed by atoms with Gasteiger partial charge in [-0.3, -0.25) is 4.79 Å². The van der Waals surface area contributed by atoms with Crippen molar-refractivity contribution in [2.24, 2.45) is 0 Å². The van der Waals surface area contributed by atoms with E-state index in [2.05, 4.69) is 5.32 Å². The van der Waals surface area contributed by atoms with Crippen molar-refractivity contribution in [1.82, 2.24) is 5.32 Å². The Bertz CT molecular complexity index is 707. The van der Waals surface area contributed by atoms with Gasteiger partial charge in [0.15, 0.2) is 6.61 Å². The molecule has 0 fully saturated rings. The van der Waals surface area contributed by atoms with E-state index in [-0.39, 0.29) is 18.6 Å². The third kappa shape index (κ3) is 4.42. The number of amides is 1. The van der Waals surface area contributed by atoms with Gasteiger partial charge in [0.1, 0.15) is 11.5 Å². The Morgan fingerprint density at radius 2 is 1.83 bits per heavy atom. The van der Waals surface area contributed by atoms with Gasteiger partial charge in [-0.1, -0.05) is 29.8 Å². The number of halogens is 1. The highest BCUT2D eigenvalue weighted by Gasteiger charge is 2.14. The summed E-state index contributed by atoms with van der Waals surface area (Å²) in [6.07, 6.45) is 0. The van der Waals surface area contributed by atoms with Crippen molar-refractivity contribution in [3.63, 3.8) is 0 Å². The van der Waals surface area contributed by atoms with Gasteiger partial charge >= 0.3 is 0 Å². The van der Waals surface area contributed by atoms with Crippen LogP contribution in [-0.4, -0.2) is 19.6 Å². The minimum Gasteiger partial charge on any atom is -0.496 e. The first-order chi connectivity index (χ1) is 11.4. The molecule has 0 aliphatic carbocycles. The molecule has 24 heavy (non-hydrogen) atoms. The molecule has 1 amide bonds. The molecule has 0 bridgehead atoms. The summed E-state index contributed by atoms with van der Waals surface area (Å²) in [6, 6.07) is 11.1. The second kappa shape index (κ2) is 8.06. The third-order valence-corrected chi connectivity index (χ3v) is 4.36. The van der Waals surface area contributed by atoms with Gasteiger partial charge in [0.05, 0.1) is 13.2 Å². The van der Waals surface area contributed by atoms with Crippen molar-refractivity contribution in [2.75, 3.05) is 13.7 Å². The number of hydrogen-bond acceptors (Lipinski definition) is 3. The molecule has 2 aromatic carbocycles. The van der Waals surface area contributed by atoms with E-state index in [1.807, 2.05) is 57.2 Å². The standard InChI is InChI=1S/C19H22ClNO3/c1-12-9-15(10-13(2)19(12)20)24-11-18(22)21-14(3)16-7-5-6-8-17(16)23-4/h5-10,14H,11H2,1-4H3,(H,21,22). The Morgan fingerprint density at radius 3 is 2.46 bits per heavy atom. The lowest BCUT2D eigenvalue weighted by atomic mass is 10.1. The molecule has 128 valence electrons. The normalized spacial score (nSPS) is 11.7. The van der Waals surface area contributed by atoms with Crippen LogP contribution in [0.4, 0.5) is 0 Å². The zero-order valence-electron chi connectivity index (χ0n) is 14.4. The molecular weight excluding hydrogens is 326 g/mol. The molecule has 5 heteroatoms. The predicted molar refractivity (Wildman–Crippen MR) is 96.0 cm³/mol. The van der Waals surface area contributed by atoms with Crippen molar-refractivity contribution in [3.8, 4) is 11.5 Å². The van der Waals surface area contributed by atoms with Crippen molar-refractivity contribution < 1.29 is 14.3 Å². The highest BCUT2D eigenvalue weighted by molar-refractivity contribution is 6.32. The molecule has 4 nitrogen and oxygen atoms in total. The number of nitrogens with one attached hydrogen (secondary N) is 1. The smallest absolute Gasteiger partial charge is 0.258 e. The van der Waals surface area contributed by atoms with Gasteiger partial charge < -0.3 is 14.8 Å². The minimum absolute atomic E-state index is 0.0556. The fourth-order valence-corrected chi connectivity index (χ4v) is 2.63. The molecule has 0 spiro atoms. The second-order valence-corrected chi connectivity index (χ2v) is 6.07. The topological polar surface area (TPSA) is 47.6 Å². The molecule has 2 rings (SSSR count). The number of para-hydroxylation sites is 1. The van der Waals surface area contributed by atoms with Crippen LogP contribution in [0.5, 0.6) is 11.5 Å². The van der Waals surface area contributed by atoms with E-state index in [1.54, 1.807) is 7.11 Å². The summed E-state index contributed by atoms with van der Waals surface area (Å²) >= 11 is 6.13. The van der Waals surface area contributed by atoms with Crippen LogP contribution >= 0.6 is 11.6 Å². The van der Waals surface area contributed by atoms with Gasteiger partial charge in [0.25, 0.3) is 5.91 Å². The van der Waals surface area contributed by atoms with Crippen LogP contribution < -0.4 is 14.8 Å². The van der Waals surface area contributed by atoms with E-state index < -0.39 is 0 Å². The van der Waals surface area contributed by atoms with Gasteiger partial charge in [0.2, 0.25) is 0 Å². The van der Waals surface area contributed by atoms with Crippen LogP contribution in [0.15, 0.2) is 36.4 Å². The molecule has 1 N–H and O–H groups in total. The predicted octanol–water partition coefficient (Wildman–Crippen LogP) is 4.22. The van der Waals surface area contributed by atoms with Gasteiger partial charge in [0, 0.05) is 10.6 Å². The maximum atomic E-state index is 12.1. The summed E-state index contributed by atoms with van der Waals surface area (Å²) in [5, 5.41) is 3.63. The highest BCUT2D eigenvalue weighted by atomic mass is 35.5. The van der Waals surface area contributed by atoms with E-state index in [1.165, 1.54) is 0 Å². The van der Waals surface area contributed by atoms with Crippen LogP contribution in [0.25, 0.3) is 0 Å². The molecule has 1 atom stereocenters. The monoisotopic (exact) mass is 347 g/mol. The van der Waals surface area contributed by atoms with E-state index >= 15 is 0 Å². The number of hydrogen-bond donors (Lipinski definition) is 1. The first-order valence-corrected chi connectivity index (χ1v) is 8.12. The van der Waals surface area contributed by atoms with Crippen LogP contribution in [0, 0.1) is 13.8 Å². The maximum Gasteiger partial charge on any atom is 0.258 e. The van der Waals surface area contributed by atoms with Crippen LogP contribution in [0.3, 0.4) is 0 Å². The summed E-state index contributed by atoms with van der Waals surface area (Å²) in [6.45, 7) is 5.67. The maximum absolute atomic E-state index is 12.1. The van der Waals surface area contributed by atoms with Crippen molar-refractivity contribution in [2.45, 2.75) is 26.8 Å². The van der Waals surface area contributed by atoms with E-state index in [9.17, 15) is 4.79 Å². The first kappa shape index (κ1) is 18.1. The van der Waals surface area contributed by atoms with Gasteiger partial charge in [-0.05, 0) is 50.1 Å². The fraction of sp³-hybridized carbons (Fsp3) is 0.316. The average molecular weight is 348 g/mol. The number of carbonyl (C=O) groups is 1. The molecule has 0 radical (unpaired) electrons. The van der Waals surface area contributed by atoms with Crippen molar-refractivity contribution in [1.29, 1.82) is 0 Å². The molecule has 2 aromatic rings. The Kier molecular flexibility index (Phi) is 6.10. The second-order valence-electron chi connectivity index (χ2n) is 5.69. The van der Waals surface area contributed by atoms with Gasteiger partial charge in [-0.2, -0.15) is 0 Å². The summed E-state index contributed by atoms with van der Waals surface area (Å²) < 4.78 is 10.9. The van der Waals surface area contributed by atoms with Crippen LogP contribution in [0.1, 0.15) is 29.7 Å². The van der Waals surface area contributed by atoms with E-state index in [4.69, 9.17) is 21.1 Å². The molecule has 0 saturated heterocycles.